The highest BCUT2D eigenvalue weighted by Crippen LogP contribution is 2.17. The van der Waals surface area contributed by atoms with Crippen LogP contribution in [0.1, 0.15) is 18.2 Å². The van der Waals surface area contributed by atoms with Crippen LogP contribution >= 0.6 is 0 Å². The number of anilines is 3. The van der Waals surface area contributed by atoms with Gasteiger partial charge in [0.05, 0.1) is 0 Å². The number of aryl methyl sites for hydroxylation is 2. The van der Waals surface area contributed by atoms with Crippen molar-refractivity contribution in [3.05, 3.63) is 54.2 Å². The highest BCUT2D eigenvalue weighted by molar-refractivity contribution is 5.57. The molecule has 0 aliphatic heterocycles. The molecule has 20 heavy (non-hydrogen) atoms. The third-order valence-electron chi connectivity index (χ3n) is 2.89. The van der Waals surface area contributed by atoms with Crippen molar-refractivity contribution >= 4 is 17.5 Å². The summed E-state index contributed by atoms with van der Waals surface area (Å²) in [6.45, 7) is 8.41. The Balaban J connectivity index is 2.14. The molecule has 4 heteroatoms. The first kappa shape index (κ1) is 14.1. The van der Waals surface area contributed by atoms with Crippen LogP contribution in [-0.2, 0) is 6.42 Å². The van der Waals surface area contributed by atoms with Crippen molar-refractivity contribution in [2.75, 3.05) is 17.2 Å². The van der Waals surface area contributed by atoms with Gasteiger partial charge in [0.1, 0.15) is 5.82 Å². The van der Waals surface area contributed by atoms with E-state index in [1.807, 2.05) is 13.0 Å². The van der Waals surface area contributed by atoms with Gasteiger partial charge in [0, 0.05) is 24.0 Å². The van der Waals surface area contributed by atoms with E-state index in [1.165, 1.54) is 5.56 Å². The first-order valence-corrected chi connectivity index (χ1v) is 6.77. The van der Waals surface area contributed by atoms with Crippen molar-refractivity contribution in [2.24, 2.45) is 0 Å². The van der Waals surface area contributed by atoms with Crippen LogP contribution in [0.5, 0.6) is 0 Å². The van der Waals surface area contributed by atoms with Crippen LogP contribution in [0.2, 0.25) is 0 Å². The topological polar surface area (TPSA) is 49.8 Å². The molecule has 0 radical (unpaired) electrons. The Morgan fingerprint density at radius 1 is 1.20 bits per heavy atom. The fraction of sp³-hybridized carbons (Fsp3) is 0.250. The number of hydrogen-bond acceptors (Lipinski definition) is 4. The Hall–Kier alpha value is -2.36. The van der Waals surface area contributed by atoms with Gasteiger partial charge in [-0.1, -0.05) is 25.1 Å². The van der Waals surface area contributed by atoms with Gasteiger partial charge >= 0.3 is 0 Å². The van der Waals surface area contributed by atoms with E-state index in [1.54, 1.807) is 6.08 Å². The lowest BCUT2D eigenvalue weighted by molar-refractivity contribution is 1.08. The Kier molecular flexibility index (Phi) is 4.71. The quantitative estimate of drug-likeness (QED) is 0.784. The maximum Gasteiger partial charge on any atom is 0.225 e. The highest BCUT2D eigenvalue weighted by atomic mass is 15.1. The zero-order valence-electron chi connectivity index (χ0n) is 12.0. The number of nitrogens with zero attached hydrogens (tertiary/aromatic N) is 2. The predicted molar refractivity (Wildman–Crippen MR) is 84.6 cm³/mol. The summed E-state index contributed by atoms with van der Waals surface area (Å²) < 4.78 is 0. The molecule has 1 heterocycles. The summed E-state index contributed by atoms with van der Waals surface area (Å²) in [4.78, 5) is 8.76. The van der Waals surface area contributed by atoms with Gasteiger partial charge < -0.3 is 10.6 Å². The number of aromatic nitrogens is 2. The van der Waals surface area contributed by atoms with Gasteiger partial charge in [-0.15, -0.1) is 6.58 Å². The van der Waals surface area contributed by atoms with Crippen LogP contribution in [0, 0.1) is 6.92 Å². The molecule has 0 atom stereocenters. The molecule has 104 valence electrons. The van der Waals surface area contributed by atoms with Gasteiger partial charge in [-0.3, -0.25) is 0 Å². The summed E-state index contributed by atoms with van der Waals surface area (Å²) in [6.07, 6.45) is 2.82. The molecule has 1 aromatic carbocycles. The summed E-state index contributed by atoms with van der Waals surface area (Å²) in [5, 5.41) is 6.40. The van der Waals surface area contributed by atoms with Crippen molar-refractivity contribution in [1.29, 1.82) is 0 Å². The first-order chi connectivity index (χ1) is 9.71. The smallest absolute Gasteiger partial charge is 0.225 e. The third kappa shape index (κ3) is 3.82. The largest absolute Gasteiger partial charge is 0.351 e. The first-order valence-electron chi connectivity index (χ1n) is 6.77. The minimum atomic E-state index is 0.609. The summed E-state index contributed by atoms with van der Waals surface area (Å²) in [6, 6.07) is 10.3. The van der Waals surface area contributed by atoms with Crippen LogP contribution in [0.4, 0.5) is 17.5 Å². The Bertz CT molecular complexity index is 576. The fourth-order valence-corrected chi connectivity index (χ4v) is 1.85. The predicted octanol–water partition coefficient (Wildman–Crippen LogP) is 3.69. The van der Waals surface area contributed by atoms with Gasteiger partial charge in [-0.2, -0.15) is 4.98 Å². The van der Waals surface area contributed by atoms with E-state index in [2.05, 4.69) is 58.4 Å². The molecule has 0 fully saturated rings. The van der Waals surface area contributed by atoms with E-state index in [-0.39, 0.29) is 0 Å². The molecule has 0 aliphatic rings. The summed E-state index contributed by atoms with van der Waals surface area (Å²) >= 11 is 0. The SMILES string of the molecule is C=CCNc1nc(C)cc(Nc2ccc(CC)cc2)n1. The average Bonchev–Trinajstić information content (AvgIpc) is 2.45. The van der Waals surface area contributed by atoms with E-state index in [4.69, 9.17) is 0 Å². The van der Waals surface area contributed by atoms with E-state index in [0.717, 1.165) is 23.6 Å². The van der Waals surface area contributed by atoms with Gasteiger partial charge in [-0.05, 0) is 31.0 Å². The molecule has 0 saturated carbocycles. The molecule has 2 N–H and O–H groups in total. The Morgan fingerprint density at radius 3 is 2.60 bits per heavy atom. The number of nitrogens with one attached hydrogen (secondary N) is 2. The monoisotopic (exact) mass is 268 g/mol. The highest BCUT2D eigenvalue weighted by Gasteiger charge is 2.02. The normalized spacial score (nSPS) is 10.1. The second-order valence-corrected chi connectivity index (χ2v) is 4.56. The Labute approximate surface area is 120 Å². The van der Waals surface area contributed by atoms with Crippen molar-refractivity contribution in [3.8, 4) is 0 Å². The van der Waals surface area contributed by atoms with Crippen LogP contribution in [0.25, 0.3) is 0 Å². The van der Waals surface area contributed by atoms with Crippen LogP contribution < -0.4 is 10.6 Å². The van der Waals surface area contributed by atoms with Crippen molar-refractivity contribution in [2.45, 2.75) is 20.3 Å². The zero-order valence-corrected chi connectivity index (χ0v) is 12.0. The van der Waals surface area contributed by atoms with Gasteiger partial charge in [-0.25, -0.2) is 4.98 Å². The summed E-state index contributed by atoms with van der Waals surface area (Å²) in [5.74, 6) is 1.39. The second-order valence-electron chi connectivity index (χ2n) is 4.56. The standard InChI is InChI=1S/C16H20N4/c1-4-10-17-16-18-12(3)11-15(20-16)19-14-8-6-13(5-2)7-9-14/h4,6-9,11H,1,5,10H2,2-3H3,(H2,17,18,19,20). The lowest BCUT2D eigenvalue weighted by Gasteiger charge is -2.09. The minimum absolute atomic E-state index is 0.609. The maximum atomic E-state index is 4.43. The molecular weight excluding hydrogens is 248 g/mol. The second kappa shape index (κ2) is 6.70. The minimum Gasteiger partial charge on any atom is -0.351 e. The van der Waals surface area contributed by atoms with Gasteiger partial charge in [0.25, 0.3) is 0 Å². The van der Waals surface area contributed by atoms with Crippen molar-refractivity contribution in [3.63, 3.8) is 0 Å². The fourth-order valence-electron chi connectivity index (χ4n) is 1.85. The van der Waals surface area contributed by atoms with Crippen molar-refractivity contribution in [1.82, 2.24) is 9.97 Å². The van der Waals surface area contributed by atoms with E-state index in [9.17, 15) is 0 Å². The number of rotatable bonds is 6. The molecule has 0 saturated heterocycles. The third-order valence-corrected chi connectivity index (χ3v) is 2.89. The molecule has 0 aliphatic carbocycles. The number of benzene rings is 1. The molecule has 0 spiro atoms. The van der Waals surface area contributed by atoms with Gasteiger partial charge in [0.2, 0.25) is 5.95 Å². The Morgan fingerprint density at radius 2 is 1.95 bits per heavy atom. The summed E-state index contributed by atoms with van der Waals surface area (Å²) in [5.41, 5.74) is 3.26. The van der Waals surface area contributed by atoms with E-state index >= 15 is 0 Å². The molecule has 0 amide bonds. The lowest BCUT2D eigenvalue weighted by atomic mass is 10.1. The van der Waals surface area contributed by atoms with Crippen molar-refractivity contribution < 1.29 is 0 Å². The van der Waals surface area contributed by atoms with Crippen LogP contribution in [-0.4, -0.2) is 16.5 Å². The zero-order chi connectivity index (χ0) is 14.4. The molecule has 2 rings (SSSR count). The molecule has 2 aromatic rings. The molecule has 4 nitrogen and oxygen atoms in total. The molecule has 0 unspecified atom stereocenters. The number of hydrogen-bond donors (Lipinski definition) is 2. The van der Waals surface area contributed by atoms with Crippen LogP contribution in [0.3, 0.4) is 0 Å². The van der Waals surface area contributed by atoms with Gasteiger partial charge in [0.15, 0.2) is 0 Å². The molecule has 0 bridgehead atoms. The van der Waals surface area contributed by atoms with Crippen LogP contribution in [0.15, 0.2) is 43.0 Å². The molecular formula is C16H20N4. The lowest BCUT2D eigenvalue weighted by Crippen LogP contribution is -2.05. The molecule has 1 aromatic heterocycles. The van der Waals surface area contributed by atoms with E-state index in [0.29, 0.717) is 12.5 Å². The average molecular weight is 268 g/mol. The maximum absolute atomic E-state index is 4.43. The summed E-state index contributed by atoms with van der Waals surface area (Å²) in [7, 11) is 0. The van der Waals surface area contributed by atoms with E-state index < -0.39 is 0 Å².